The molecule has 0 heterocycles. The smallest absolute Gasteiger partial charge is 0.386 e. The normalized spacial score (nSPS) is 13.0. The highest BCUT2D eigenvalue weighted by molar-refractivity contribution is 7.02. The molecule has 27 heavy (non-hydrogen) atoms. The van der Waals surface area contributed by atoms with Gasteiger partial charge in [-0.25, -0.2) is 0 Å². The van der Waals surface area contributed by atoms with Crippen LogP contribution in [0.4, 0.5) is 0 Å². The summed E-state index contributed by atoms with van der Waals surface area (Å²) in [7, 11) is -6.51. The molecule has 0 atom stereocenters. The van der Waals surface area contributed by atoms with E-state index in [1.54, 1.807) is 0 Å². The molecule has 0 radical (unpaired) electrons. The Labute approximate surface area is 169 Å². The molecule has 0 saturated carbocycles. The number of hydrogen-bond acceptors (Lipinski definition) is 2. The van der Waals surface area contributed by atoms with Crippen molar-refractivity contribution in [1.82, 2.24) is 0 Å². The molecule has 5 heteroatoms. The first-order valence-electron chi connectivity index (χ1n) is 10.3. The van der Waals surface area contributed by atoms with E-state index in [-0.39, 0.29) is 0 Å². The van der Waals surface area contributed by atoms with Crippen molar-refractivity contribution in [1.29, 1.82) is 0 Å². The van der Waals surface area contributed by atoms with Gasteiger partial charge in [0.2, 0.25) is 0 Å². The molecule has 0 aliphatic rings. The molecule has 0 bridgehead atoms. The lowest BCUT2D eigenvalue weighted by molar-refractivity contribution is 0.405. The van der Waals surface area contributed by atoms with Crippen molar-refractivity contribution in [3.05, 3.63) is 60.7 Å². The summed E-state index contributed by atoms with van der Waals surface area (Å²) < 4.78 is 14.4. The zero-order valence-corrected chi connectivity index (χ0v) is 20.9. The third-order valence-corrected chi connectivity index (χ3v) is 17.2. The van der Waals surface area contributed by atoms with Crippen molar-refractivity contribution < 1.29 is 8.23 Å². The molecule has 2 nitrogen and oxygen atoms in total. The summed E-state index contributed by atoms with van der Waals surface area (Å²) >= 11 is 0. The molecule has 0 fully saturated rings. The minimum atomic E-state index is -2.77. The fraction of sp³-hybridized carbons (Fsp3) is 0.455. The molecule has 148 valence electrons. The predicted octanol–water partition coefficient (Wildman–Crippen LogP) is 5.51. The van der Waals surface area contributed by atoms with E-state index in [4.69, 9.17) is 8.23 Å². The van der Waals surface area contributed by atoms with Crippen LogP contribution in [0.25, 0.3) is 0 Å². The molecular weight excluding hydrogens is 380 g/mol. The van der Waals surface area contributed by atoms with Gasteiger partial charge in [-0.2, -0.15) is 0 Å². The van der Waals surface area contributed by atoms with E-state index in [1.165, 1.54) is 10.4 Å². The second-order valence-corrected chi connectivity index (χ2v) is 20.6. The van der Waals surface area contributed by atoms with Crippen LogP contribution < -0.4 is 10.4 Å². The zero-order valence-electron chi connectivity index (χ0n) is 17.9. The van der Waals surface area contributed by atoms with Crippen LogP contribution in [0.5, 0.6) is 0 Å². The summed E-state index contributed by atoms with van der Waals surface area (Å²) in [6.07, 6.45) is 2.31. The Morgan fingerprint density at radius 2 is 0.926 bits per heavy atom. The van der Waals surface area contributed by atoms with E-state index in [0.29, 0.717) is 0 Å². The number of benzene rings is 2. The number of rotatable bonds is 10. The van der Waals surface area contributed by atoms with Crippen LogP contribution >= 0.6 is 0 Å². The maximum atomic E-state index is 7.21. The maximum Gasteiger partial charge on any atom is 0.386 e. The van der Waals surface area contributed by atoms with E-state index in [2.05, 4.69) is 101 Å². The van der Waals surface area contributed by atoms with Gasteiger partial charge in [0.1, 0.15) is 0 Å². The monoisotopic (exact) mass is 416 g/mol. The second-order valence-electron chi connectivity index (χ2n) is 8.57. The largest absolute Gasteiger partial charge is 0.430 e. The second kappa shape index (κ2) is 9.47. The molecule has 0 aromatic heterocycles. The van der Waals surface area contributed by atoms with Crippen molar-refractivity contribution in [2.45, 2.75) is 65.0 Å². The highest BCUT2D eigenvalue weighted by atomic mass is 28.5. The first-order valence-corrected chi connectivity index (χ1v) is 18.3. The van der Waals surface area contributed by atoms with Crippen molar-refractivity contribution in [3.63, 3.8) is 0 Å². The van der Waals surface area contributed by atoms with E-state index < -0.39 is 25.2 Å². The topological polar surface area (TPSA) is 18.5 Å². The molecule has 0 N–H and O–H groups in total. The first kappa shape index (κ1) is 22.3. The van der Waals surface area contributed by atoms with Crippen LogP contribution in [0.3, 0.4) is 0 Å². The van der Waals surface area contributed by atoms with E-state index in [9.17, 15) is 0 Å². The van der Waals surface area contributed by atoms with Gasteiger partial charge in [-0.15, -0.1) is 0 Å². The van der Waals surface area contributed by atoms with Gasteiger partial charge in [-0.3, -0.25) is 0 Å². The first-order chi connectivity index (χ1) is 12.7. The molecular formula is C22H36O2Si3. The average Bonchev–Trinajstić information content (AvgIpc) is 2.62. The van der Waals surface area contributed by atoms with E-state index in [0.717, 1.165) is 24.9 Å². The molecule has 0 amide bonds. The van der Waals surface area contributed by atoms with Crippen LogP contribution in [0, 0.1) is 0 Å². The lowest BCUT2D eigenvalue weighted by Crippen LogP contribution is -2.70. The van der Waals surface area contributed by atoms with Gasteiger partial charge in [0, 0.05) is 0 Å². The van der Waals surface area contributed by atoms with Crippen LogP contribution in [0.15, 0.2) is 60.7 Å². The standard InChI is InChI=1S/C22H36O2Si3/c1-7-19-25(3,4)23-27(21-15-11-9-12-16-21,22-17-13-10-14-18-22)24-26(5,6)20-8-2/h9-18H,7-8,19-20H2,1-6H3. The third-order valence-electron chi connectivity index (χ3n) is 4.85. The van der Waals surface area contributed by atoms with Gasteiger partial charge in [0.25, 0.3) is 0 Å². The summed E-state index contributed by atoms with van der Waals surface area (Å²) in [5.74, 6) is 0. The lowest BCUT2D eigenvalue weighted by Gasteiger charge is -2.43. The zero-order chi connectivity index (χ0) is 20.0. The molecule has 2 aromatic carbocycles. The molecule has 2 rings (SSSR count). The Balaban J connectivity index is 2.65. The summed E-state index contributed by atoms with van der Waals surface area (Å²) in [4.78, 5) is 0. The van der Waals surface area contributed by atoms with Gasteiger partial charge < -0.3 is 8.23 Å². The fourth-order valence-corrected chi connectivity index (χ4v) is 17.3. The maximum absolute atomic E-state index is 7.21. The summed E-state index contributed by atoms with van der Waals surface area (Å²) in [5.41, 5.74) is 0. The average molecular weight is 417 g/mol. The summed E-state index contributed by atoms with van der Waals surface area (Å²) in [6, 6.07) is 23.8. The molecule has 0 aliphatic heterocycles. The van der Waals surface area contributed by atoms with E-state index in [1.807, 2.05) is 0 Å². The third kappa shape index (κ3) is 5.99. The van der Waals surface area contributed by atoms with Crippen LogP contribution in [0.1, 0.15) is 26.7 Å². The highest BCUT2D eigenvalue weighted by Crippen LogP contribution is 2.26. The Kier molecular flexibility index (Phi) is 7.83. The minimum absolute atomic E-state index is 1.15. The summed E-state index contributed by atoms with van der Waals surface area (Å²) in [5, 5.41) is 2.48. The molecule has 0 aliphatic carbocycles. The summed E-state index contributed by atoms with van der Waals surface area (Å²) in [6.45, 7) is 13.9. The Bertz CT molecular complexity index is 626. The van der Waals surface area contributed by atoms with E-state index >= 15 is 0 Å². The minimum Gasteiger partial charge on any atom is -0.430 e. The Morgan fingerprint density at radius 1 is 0.593 bits per heavy atom. The lowest BCUT2D eigenvalue weighted by atomic mass is 10.4. The van der Waals surface area contributed by atoms with Gasteiger partial charge in [-0.05, 0) is 48.6 Å². The van der Waals surface area contributed by atoms with Crippen LogP contribution in [-0.2, 0) is 8.23 Å². The Hall–Kier alpha value is -0.989. The van der Waals surface area contributed by atoms with Gasteiger partial charge >= 0.3 is 8.56 Å². The molecule has 0 spiro atoms. The van der Waals surface area contributed by atoms with Gasteiger partial charge in [0.05, 0.1) is 0 Å². The van der Waals surface area contributed by atoms with Gasteiger partial charge in [0.15, 0.2) is 16.6 Å². The quantitative estimate of drug-likeness (QED) is 0.476. The molecule has 2 aromatic rings. The van der Waals surface area contributed by atoms with Crippen LogP contribution in [0.2, 0.25) is 38.3 Å². The predicted molar refractivity (Wildman–Crippen MR) is 125 cm³/mol. The van der Waals surface area contributed by atoms with Crippen molar-refractivity contribution in [2.75, 3.05) is 0 Å². The van der Waals surface area contributed by atoms with Gasteiger partial charge in [-0.1, -0.05) is 87.4 Å². The highest BCUT2D eigenvalue weighted by Gasteiger charge is 2.49. The number of hydrogen-bond donors (Lipinski definition) is 0. The molecule has 0 unspecified atom stereocenters. The Morgan fingerprint density at radius 3 is 1.22 bits per heavy atom. The van der Waals surface area contributed by atoms with Crippen LogP contribution in [-0.4, -0.2) is 25.2 Å². The fourth-order valence-electron chi connectivity index (χ4n) is 3.82. The van der Waals surface area contributed by atoms with Crippen molar-refractivity contribution in [2.24, 2.45) is 0 Å². The molecule has 0 saturated heterocycles. The van der Waals surface area contributed by atoms with Crippen molar-refractivity contribution >= 4 is 35.6 Å². The SMILES string of the molecule is CCC[Si](C)(C)O[Si](O[Si](C)(C)CCC)(c1ccccc1)c1ccccc1. The van der Waals surface area contributed by atoms with Crippen molar-refractivity contribution in [3.8, 4) is 0 Å².